The third-order valence-electron chi connectivity index (χ3n) is 12.4. The van der Waals surface area contributed by atoms with Crippen LogP contribution in [-0.4, -0.2) is 45.2 Å². The summed E-state index contributed by atoms with van der Waals surface area (Å²) in [5, 5.41) is 31.9. The summed E-state index contributed by atoms with van der Waals surface area (Å²) in [4.78, 5) is 12.8. The van der Waals surface area contributed by atoms with E-state index in [1.165, 1.54) is 0 Å². The maximum Gasteiger partial charge on any atom is 0.158 e. The second-order valence-corrected chi connectivity index (χ2v) is 14.6. The molecule has 3 saturated carbocycles. The molecule has 35 heavy (non-hydrogen) atoms. The van der Waals surface area contributed by atoms with Gasteiger partial charge in [-0.15, -0.1) is 0 Å². The van der Waals surface area contributed by atoms with E-state index in [4.69, 9.17) is 4.74 Å². The van der Waals surface area contributed by atoms with Gasteiger partial charge in [0.05, 0.1) is 11.7 Å². The molecule has 1 heterocycles. The van der Waals surface area contributed by atoms with Crippen LogP contribution in [0.25, 0.3) is 0 Å². The van der Waals surface area contributed by atoms with Crippen molar-refractivity contribution in [3.05, 3.63) is 11.6 Å². The third kappa shape index (κ3) is 3.43. The summed E-state index contributed by atoms with van der Waals surface area (Å²) in [5.41, 5.74) is 0.409. The zero-order valence-corrected chi connectivity index (χ0v) is 22.9. The van der Waals surface area contributed by atoms with Crippen molar-refractivity contribution in [1.29, 1.82) is 0 Å². The monoisotopic (exact) mass is 488 g/mol. The fourth-order valence-electron chi connectivity index (χ4n) is 9.98. The average Bonchev–Trinajstić information content (AvgIpc) is 3.26. The molecule has 4 aliphatic carbocycles. The lowest BCUT2D eigenvalue weighted by molar-refractivity contribution is -0.172. The van der Waals surface area contributed by atoms with Crippen LogP contribution in [0.4, 0.5) is 0 Å². The quantitative estimate of drug-likeness (QED) is 0.486. The Balaban J connectivity index is 1.44. The van der Waals surface area contributed by atoms with Crippen LogP contribution in [0.1, 0.15) is 99.8 Å². The van der Waals surface area contributed by atoms with Gasteiger partial charge in [0, 0.05) is 17.8 Å². The first-order chi connectivity index (χ1) is 16.1. The van der Waals surface area contributed by atoms with Gasteiger partial charge in [-0.05, 0) is 92.8 Å². The lowest BCUT2D eigenvalue weighted by Crippen LogP contribution is -2.57. The van der Waals surface area contributed by atoms with Crippen LogP contribution in [0.5, 0.6) is 0 Å². The minimum Gasteiger partial charge on any atom is -0.388 e. The maximum absolute atomic E-state index is 12.8. The van der Waals surface area contributed by atoms with E-state index in [1.807, 2.05) is 0 Å². The molecular formula is C30H48O5. The van der Waals surface area contributed by atoms with Gasteiger partial charge in [-0.25, -0.2) is 0 Å². The molecule has 5 nitrogen and oxygen atoms in total. The number of aliphatic hydroxyl groups excluding tert-OH is 2. The summed E-state index contributed by atoms with van der Waals surface area (Å²) in [5.74, 6) is 1.66. The summed E-state index contributed by atoms with van der Waals surface area (Å²) < 4.78 is 5.86. The van der Waals surface area contributed by atoms with E-state index >= 15 is 0 Å². The topological polar surface area (TPSA) is 87.0 Å². The minimum atomic E-state index is -1.26. The highest BCUT2D eigenvalue weighted by Crippen LogP contribution is 2.73. The van der Waals surface area contributed by atoms with Crippen molar-refractivity contribution >= 4 is 5.78 Å². The van der Waals surface area contributed by atoms with Crippen molar-refractivity contribution in [2.24, 2.45) is 45.3 Å². The Morgan fingerprint density at radius 2 is 1.77 bits per heavy atom. The normalized spacial score (nSPS) is 50.2. The predicted octanol–water partition coefficient (Wildman–Crippen LogP) is 5.02. The number of ketones is 1. The Hall–Kier alpha value is -0.750. The number of carbonyl (C=O) groups excluding carboxylic acids is 1. The minimum absolute atomic E-state index is 0.0286. The van der Waals surface area contributed by atoms with Gasteiger partial charge in [0.2, 0.25) is 0 Å². The van der Waals surface area contributed by atoms with Crippen LogP contribution in [0.15, 0.2) is 11.6 Å². The highest BCUT2D eigenvalue weighted by atomic mass is 16.6. The number of fused-ring (bicyclic) bond motifs is 5. The molecule has 4 fully saturated rings. The van der Waals surface area contributed by atoms with Crippen LogP contribution in [0.2, 0.25) is 0 Å². The van der Waals surface area contributed by atoms with Gasteiger partial charge in [-0.3, -0.25) is 4.79 Å². The van der Waals surface area contributed by atoms with Crippen LogP contribution >= 0.6 is 0 Å². The van der Waals surface area contributed by atoms with Crippen molar-refractivity contribution in [3.8, 4) is 0 Å². The van der Waals surface area contributed by atoms with E-state index in [0.29, 0.717) is 36.4 Å². The Kier molecular flexibility index (Phi) is 5.83. The number of carbonyl (C=O) groups is 1. The van der Waals surface area contributed by atoms with Crippen molar-refractivity contribution in [2.45, 2.75) is 124 Å². The summed E-state index contributed by atoms with van der Waals surface area (Å²) >= 11 is 0. The Bertz CT molecular complexity index is 916. The summed E-state index contributed by atoms with van der Waals surface area (Å²) in [6.45, 7) is 14.9. The number of hydrogen-bond acceptors (Lipinski definition) is 5. The third-order valence-corrected chi connectivity index (χ3v) is 12.4. The average molecular weight is 489 g/mol. The summed E-state index contributed by atoms with van der Waals surface area (Å²) in [6, 6.07) is 0. The smallest absolute Gasteiger partial charge is 0.158 e. The molecule has 0 radical (unpaired) electrons. The second kappa shape index (κ2) is 7.88. The van der Waals surface area contributed by atoms with Crippen LogP contribution in [0.3, 0.4) is 0 Å². The van der Waals surface area contributed by atoms with E-state index in [0.717, 1.165) is 38.5 Å². The molecule has 0 spiro atoms. The highest BCUT2D eigenvalue weighted by Gasteiger charge is 2.66. The molecule has 5 aliphatic rings. The number of Topliss-reactive ketones (excluding diaryl/α,β-unsaturated/α-hetero) is 1. The van der Waals surface area contributed by atoms with Crippen LogP contribution in [-0.2, 0) is 9.53 Å². The Morgan fingerprint density at radius 1 is 1.09 bits per heavy atom. The summed E-state index contributed by atoms with van der Waals surface area (Å²) in [7, 11) is 0. The predicted molar refractivity (Wildman–Crippen MR) is 135 cm³/mol. The number of rotatable bonds is 3. The van der Waals surface area contributed by atoms with Crippen molar-refractivity contribution in [3.63, 3.8) is 0 Å². The van der Waals surface area contributed by atoms with Gasteiger partial charge in [-0.1, -0.05) is 46.3 Å². The lowest BCUT2D eigenvalue weighted by Gasteiger charge is -2.63. The zero-order chi connectivity index (χ0) is 25.8. The summed E-state index contributed by atoms with van der Waals surface area (Å²) in [6.07, 6.45) is 7.78. The van der Waals surface area contributed by atoms with Gasteiger partial charge >= 0.3 is 0 Å². The van der Waals surface area contributed by atoms with E-state index < -0.39 is 24.1 Å². The lowest BCUT2D eigenvalue weighted by atomic mass is 9.41. The van der Waals surface area contributed by atoms with Gasteiger partial charge in [-0.2, -0.15) is 0 Å². The van der Waals surface area contributed by atoms with E-state index in [2.05, 4.69) is 40.7 Å². The Labute approximate surface area is 211 Å². The van der Waals surface area contributed by atoms with Crippen LogP contribution in [0, 0.1) is 45.3 Å². The van der Waals surface area contributed by atoms with E-state index in [-0.39, 0.29) is 27.6 Å². The van der Waals surface area contributed by atoms with Gasteiger partial charge in [0.25, 0.3) is 0 Å². The number of allylic oxidation sites excluding steroid dienone is 2. The Morgan fingerprint density at radius 3 is 2.43 bits per heavy atom. The van der Waals surface area contributed by atoms with E-state index in [1.54, 1.807) is 19.4 Å². The maximum atomic E-state index is 12.8. The van der Waals surface area contributed by atoms with Crippen LogP contribution < -0.4 is 0 Å². The molecule has 198 valence electrons. The number of ether oxygens (including phenoxy) is 1. The van der Waals surface area contributed by atoms with Crippen molar-refractivity contribution in [1.82, 2.24) is 0 Å². The van der Waals surface area contributed by atoms with E-state index in [9.17, 15) is 20.1 Å². The molecule has 0 aromatic carbocycles. The first-order valence-corrected chi connectivity index (χ1v) is 14.0. The molecule has 0 aromatic heterocycles. The molecule has 0 aromatic rings. The molecule has 1 saturated heterocycles. The molecule has 3 N–H and O–H groups in total. The van der Waals surface area contributed by atoms with Crippen molar-refractivity contribution in [2.75, 3.05) is 0 Å². The van der Waals surface area contributed by atoms with Gasteiger partial charge < -0.3 is 20.1 Å². The standard InChI is InChI=1S/C30H48O5/c1-26(2)22-9-8-20-19(28(22,5)13-12-23(26)31)11-15-29(6)18(10-14-30(20,29)7)17-16-21(35-25(17)33)24(32)27(3,4)34/h8,17-19,21-22,24-25,32-34H,9-16H2,1-7H3/t17-,18+,19-,21-,22+,24+,25+,28-,29+,30-/m1/s1. The SMILES string of the molecule is CC(C)(O)[C@@H](O)[C@H]1C[C@H]([C@@H]2CC[C@]3(C)C4=CC[C@H]5C(C)(C)C(=O)CC[C@]5(C)[C@@H]4CC[C@@]23C)[C@@H](O)O1. The molecule has 5 heteroatoms. The fourth-order valence-corrected chi connectivity index (χ4v) is 9.98. The highest BCUT2D eigenvalue weighted by molar-refractivity contribution is 5.85. The number of hydrogen-bond donors (Lipinski definition) is 3. The molecular weight excluding hydrogens is 440 g/mol. The largest absolute Gasteiger partial charge is 0.388 e. The molecule has 5 rings (SSSR count). The first kappa shape index (κ1) is 25.9. The molecule has 0 unspecified atom stereocenters. The van der Waals surface area contributed by atoms with Gasteiger partial charge in [0.15, 0.2) is 6.29 Å². The van der Waals surface area contributed by atoms with Crippen molar-refractivity contribution < 1.29 is 24.9 Å². The fraction of sp³-hybridized carbons (Fsp3) is 0.900. The second-order valence-electron chi connectivity index (χ2n) is 14.6. The molecule has 0 amide bonds. The number of aliphatic hydroxyl groups is 3. The van der Waals surface area contributed by atoms with Gasteiger partial charge in [0.1, 0.15) is 11.9 Å². The molecule has 10 atom stereocenters. The first-order valence-electron chi connectivity index (χ1n) is 14.0. The molecule has 1 aliphatic heterocycles. The molecule has 0 bridgehead atoms. The zero-order valence-electron chi connectivity index (χ0n) is 22.9.